The molecule has 10 nitrogen and oxygen atoms in total. The predicted octanol–water partition coefficient (Wildman–Crippen LogP) is 7.58. The lowest BCUT2D eigenvalue weighted by atomic mass is 9.87. The smallest absolute Gasteiger partial charge is 0.255 e. The zero-order valence-electron chi connectivity index (χ0n) is 29.2. The van der Waals surface area contributed by atoms with Crippen LogP contribution >= 0.6 is 0 Å². The number of carbonyl (C=O) groups excluding carboxylic acids is 2. The molecule has 8 N–H and O–H groups in total. The highest BCUT2D eigenvalue weighted by atomic mass is 16.3. The van der Waals surface area contributed by atoms with Crippen molar-refractivity contribution in [2.75, 3.05) is 13.1 Å². The van der Waals surface area contributed by atoms with Crippen molar-refractivity contribution < 1.29 is 40.2 Å². The van der Waals surface area contributed by atoms with E-state index in [0.717, 1.165) is 23.3 Å². The molecule has 0 saturated heterocycles. The quantitative estimate of drug-likeness (QED) is 0.0711. The number of benzene rings is 6. The summed E-state index contributed by atoms with van der Waals surface area (Å²) in [6.07, 6.45) is 0. The molecule has 2 amide bonds. The Morgan fingerprint density at radius 2 is 0.865 bits per heavy atom. The van der Waals surface area contributed by atoms with Crippen LogP contribution in [0.25, 0.3) is 32.7 Å². The standard InChI is InChI=1S/C42H40N2O8/c1-21-15-27-29(17-31(45)39(49)35(27)41(51)43-19-23(3)25-11-7-5-8-12-25)37(47)33(21)34-22(2)16-28-30(38(34)48)18-32(46)40(50)36(28)42(52)44-20-24(4)26-13-9-6-10-14-26/h5-18,23-24,45-50H,19-20H2,1-4H3,(H,43,51)(H,44,52)/t23-,24+. The minimum atomic E-state index is -0.656. The SMILES string of the molecule is Cc1cc2c(C(=O)NC[C@@H](C)c3ccccc3)c(O)c(O)cc2c(O)c1-c1c(C)cc2c(C(=O)NC[C@H](C)c3ccccc3)c(O)c(O)cc2c1O. The van der Waals surface area contributed by atoms with Gasteiger partial charge >= 0.3 is 0 Å². The monoisotopic (exact) mass is 700 g/mol. The number of hydrogen-bond donors (Lipinski definition) is 8. The first-order valence-electron chi connectivity index (χ1n) is 16.9. The van der Waals surface area contributed by atoms with E-state index in [1.165, 1.54) is 0 Å². The zero-order valence-corrected chi connectivity index (χ0v) is 29.2. The fourth-order valence-corrected chi connectivity index (χ4v) is 6.82. The van der Waals surface area contributed by atoms with Crippen LogP contribution in [-0.4, -0.2) is 55.5 Å². The maximum Gasteiger partial charge on any atom is 0.255 e. The number of nitrogens with one attached hydrogen (secondary N) is 2. The summed E-state index contributed by atoms with van der Waals surface area (Å²) in [4.78, 5) is 27.0. The summed E-state index contributed by atoms with van der Waals surface area (Å²) in [6, 6.07) is 24.6. The Bertz CT molecular complexity index is 2190. The first kappa shape index (κ1) is 35.4. The summed E-state index contributed by atoms with van der Waals surface area (Å²) in [5, 5.41) is 72.7. The molecule has 6 aromatic carbocycles. The van der Waals surface area contributed by atoms with E-state index in [1.54, 1.807) is 26.0 Å². The van der Waals surface area contributed by atoms with Gasteiger partial charge < -0.3 is 41.3 Å². The lowest BCUT2D eigenvalue weighted by molar-refractivity contribution is 0.0941. The van der Waals surface area contributed by atoms with E-state index in [0.29, 0.717) is 11.1 Å². The van der Waals surface area contributed by atoms with Gasteiger partial charge in [-0.2, -0.15) is 0 Å². The van der Waals surface area contributed by atoms with Gasteiger partial charge in [0.1, 0.15) is 11.5 Å². The van der Waals surface area contributed by atoms with Crippen molar-refractivity contribution in [3.8, 4) is 45.6 Å². The Hall–Kier alpha value is -6.42. The Morgan fingerprint density at radius 3 is 1.21 bits per heavy atom. The highest BCUT2D eigenvalue weighted by Crippen LogP contribution is 2.51. The summed E-state index contributed by atoms with van der Waals surface area (Å²) in [7, 11) is 0. The van der Waals surface area contributed by atoms with Crippen molar-refractivity contribution >= 4 is 33.4 Å². The number of carbonyl (C=O) groups is 2. The molecule has 0 saturated carbocycles. The highest BCUT2D eigenvalue weighted by Gasteiger charge is 2.28. The summed E-state index contributed by atoms with van der Waals surface area (Å²) >= 11 is 0. The van der Waals surface area contributed by atoms with E-state index in [2.05, 4.69) is 10.6 Å². The number of rotatable bonds is 9. The minimum absolute atomic E-state index is 0.0391. The molecule has 0 aromatic heterocycles. The Labute approximate surface area is 300 Å². The van der Waals surface area contributed by atoms with Gasteiger partial charge in [0.2, 0.25) is 0 Å². The fourth-order valence-electron chi connectivity index (χ4n) is 6.82. The van der Waals surface area contributed by atoms with Gasteiger partial charge in [-0.05, 0) is 72.2 Å². The first-order chi connectivity index (χ1) is 24.8. The van der Waals surface area contributed by atoms with Gasteiger partial charge in [-0.15, -0.1) is 0 Å². The van der Waals surface area contributed by atoms with E-state index in [9.17, 15) is 40.2 Å². The van der Waals surface area contributed by atoms with Crippen LogP contribution in [-0.2, 0) is 0 Å². The van der Waals surface area contributed by atoms with Crippen LogP contribution in [0.5, 0.6) is 34.5 Å². The molecule has 266 valence electrons. The van der Waals surface area contributed by atoms with Crippen LogP contribution in [0.1, 0.15) is 68.7 Å². The van der Waals surface area contributed by atoms with Crippen molar-refractivity contribution in [2.45, 2.75) is 39.5 Å². The Balaban J connectivity index is 1.41. The van der Waals surface area contributed by atoms with Gasteiger partial charge in [0.05, 0.1) is 11.1 Å². The van der Waals surface area contributed by atoms with Crippen LogP contribution in [0.15, 0.2) is 84.9 Å². The predicted molar refractivity (Wildman–Crippen MR) is 201 cm³/mol. The van der Waals surface area contributed by atoms with Gasteiger partial charge in [-0.3, -0.25) is 9.59 Å². The average molecular weight is 701 g/mol. The molecule has 0 aliphatic heterocycles. The summed E-state index contributed by atoms with van der Waals surface area (Å²) in [6.45, 7) is 7.67. The molecule has 6 rings (SSSR count). The van der Waals surface area contributed by atoms with Crippen molar-refractivity contribution in [3.63, 3.8) is 0 Å². The van der Waals surface area contributed by atoms with Gasteiger partial charge in [-0.25, -0.2) is 0 Å². The third-order valence-corrected chi connectivity index (χ3v) is 9.71. The number of aryl methyl sites for hydroxylation is 2. The van der Waals surface area contributed by atoms with Gasteiger partial charge in [0, 0.05) is 45.8 Å². The number of amides is 2. The molecule has 0 unspecified atom stereocenters. The van der Waals surface area contributed by atoms with E-state index in [-0.39, 0.29) is 80.2 Å². The van der Waals surface area contributed by atoms with Gasteiger partial charge in [-0.1, -0.05) is 74.5 Å². The normalized spacial score (nSPS) is 12.5. The largest absolute Gasteiger partial charge is 0.507 e. The zero-order chi connectivity index (χ0) is 37.4. The second-order valence-corrected chi connectivity index (χ2v) is 13.3. The Morgan fingerprint density at radius 1 is 0.519 bits per heavy atom. The number of phenols is 6. The summed E-state index contributed by atoms with van der Waals surface area (Å²) in [5.74, 6) is -4.73. The molecular formula is C42H40N2O8. The maximum absolute atomic E-state index is 13.5. The third kappa shape index (κ3) is 6.35. The topological polar surface area (TPSA) is 180 Å². The number of fused-ring (bicyclic) bond motifs is 2. The fraction of sp³-hybridized carbons (Fsp3) is 0.190. The van der Waals surface area contributed by atoms with E-state index in [1.807, 2.05) is 74.5 Å². The van der Waals surface area contributed by atoms with E-state index < -0.39 is 34.8 Å². The molecule has 10 heteroatoms. The molecule has 52 heavy (non-hydrogen) atoms. The molecule has 6 aromatic rings. The summed E-state index contributed by atoms with van der Waals surface area (Å²) in [5.41, 5.74) is 2.71. The summed E-state index contributed by atoms with van der Waals surface area (Å²) < 4.78 is 0. The van der Waals surface area contributed by atoms with Crippen LogP contribution in [0.4, 0.5) is 0 Å². The van der Waals surface area contributed by atoms with E-state index in [4.69, 9.17) is 0 Å². The number of hydrogen-bond acceptors (Lipinski definition) is 8. The number of aromatic hydroxyl groups is 6. The van der Waals surface area contributed by atoms with Crippen molar-refractivity contribution in [3.05, 3.63) is 118 Å². The van der Waals surface area contributed by atoms with Crippen LogP contribution < -0.4 is 10.6 Å². The average Bonchev–Trinajstić information content (AvgIpc) is 3.13. The van der Waals surface area contributed by atoms with Crippen LogP contribution in [0, 0.1) is 13.8 Å². The van der Waals surface area contributed by atoms with Gasteiger partial charge in [0.25, 0.3) is 11.8 Å². The van der Waals surface area contributed by atoms with Gasteiger partial charge in [0.15, 0.2) is 23.0 Å². The van der Waals surface area contributed by atoms with Crippen molar-refractivity contribution in [2.24, 2.45) is 0 Å². The molecule has 0 aliphatic carbocycles. The molecule has 2 atom stereocenters. The van der Waals surface area contributed by atoms with Crippen LogP contribution in [0.2, 0.25) is 0 Å². The van der Waals surface area contributed by atoms with Crippen LogP contribution in [0.3, 0.4) is 0 Å². The minimum Gasteiger partial charge on any atom is -0.507 e. The Kier molecular flexibility index (Phi) is 9.58. The molecule has 0 aliphatic rings. The third-order valence-electron chi connectivity index (χ3n) is 9.71. The molecular weight excluding hydrogens is 660 g/mol. The number of phenolic OH excluding ortho intramolecular Hbond substituents is 6. The molecule has 0 heterocycles. The first-order valence-corrected chi connectivity index (χ1v) is 16.9. The lowest BCUT2D eigenvalue weighted by Crippen LogP contribution is -2.27. The highest BCUT2D eigenvalue weighted by molar-refractivity contribution is 6.16. The second-order valence-electron chi connectivity index (χ2n) is 13.3. The van der Waals surface area contributed by atoms with Crippen molar-refractivity contribution in [1.82, 2.24) is 10.6 Å². The lowest BCUT2D eigenvalue weighted by Gasteiger charge is -2.21. The molecule has 0 bridgehead atoms. The second kappa shape index (κ2) is 14.1. The molecule has 0 fully saturated rings. The van der Waals surface area contributed by atoms with E-state index >= 15 is 0 Å². The maximum atomic E-state index is 13.5. The van der Waals surface area contributed by atoms with Crippen molar-refractivity contribution in [1.29, 1.82) is 0 Å². The molecule has 0 spiro atoms. The molecule has 0 radical (unpaired) electrons.